The minimum atomic E-state index is -0.554. The molecule has 9 heteroatoms. The second-order valence-electron chi connectivity index (χ2n) is 10.8. The number of anilines is 1. The molecule has 33 heavy (non-hydrogen) atoms. The molecule has 9 nitrogen and oxygen atoms in total. The van der Waals surface area contributed by atoms with Crippen LogP contribution in [0.25, 0.3) is 0 Å². The number of carbonyl (C=O) groups excluding carboxylic acids is 2. The third-order valence-corrected chi connectivity index (χ3v) is 5.28. The van der Waals surface area contributed by atoms with Crippen LogP contribution in [0.3, 0.4) is 0 Å². The first-order chi connectivity index (χ1) is 15.4. The Morgan fingerprint density at radius 3 is 2.27 bits per heavy atom. The van der Waals surface area contributed by atoms with Gasteiger partial charge in [-0.2, -0.15) is 0 Å². The molecule has 3 heterocycles. The Labute approximate surface area is 196 Å². The summed E-state index contributed by atoms with van der Waals surface area (Å²) < 4.78 is 16.9. The van der Waals surface area contributed by atoms with Crippen molar-refractivity contribution >= 4 is 18.0 Å². The smallest absolute Gasteiger partial charge is 0.413 e. The van der Waals surface area contributed by atoms with Gasteiger partial charge in [-0.3, -0.25) is 10.2 Å². The lowest BCUT2D eigenvalue weighted by Crippen LogP contribution is -2.57. The molecule has 0 spiro atoms. The van der Waals surface area contributed by atoms with Gasteiger partial charge < -0.3 is 19.1 Å². The maximum Gasteiger partial charge on any atom is 0.413 e. The van der Waals surface area contributed by atoms with Gasteiger partial charge in [0.15, 0.2) is 0 Å². The van der Waals surface area contributed by atoms with E-state index in [1.54, 1.807) is 11.1 Å². The number of carbonyl (C=O) groups is 2. The monoisotopic (exact) mass is 462 g/mol. The number of nitrogens with one attached hydrogen (secondary N) is 1. The summed E-state index contributed by atoms with van der Waals surface area (Å²) in [6.45, 7) is 14.9. The van der Waals surface area contributed by atoms with E-state index in [1.165, 1.54) is 0 Å². The van der Waals surface area contributed by atoms with E-state index in [0.29, 0.717) is 18.9 Å². The van der Waals surface area contributed by atoms with Crippen LogP contribution in [-0.4, -0.2) is 76.6 Å². The van der Waals surface area contributed by atoms with Gasteiger partial charge in [-0.15, -0.1) is 0 Å². The van der Waals surface area contributed by atoms with Crippen molar-refractivity contribution < 1.29 is 23.8 Å². The van der Waals surface area contributed by atoms with Crippen LogP contribution in [0.4, 0.5) is 15.4 Å². The van der Waals surface area contributed by atoms with Crippen molar-refractivity contribution in [2.75, 3.05) is 31.5 Å². The third kappa shape index (κ3) is 8.47. The number of ether oxygens (including phenoxy) is 3. The van der Waals surface area contributed by atoms with E-state index in [9.17, 15) is 9.59 Å². The molecule has 3 rings (SSSR count). The molecule has 0 unspecified atom stereocenters. The van der Waals surface area contributed by atoms with Crippen molar-refractivity contribution in [1.29, 1.82) is 0 Å². The fraction of sp³-hybridized carbons (Fsp3) is 0.708. The highest BCUT2D eigenvalue weighted by atomic mass is 16.6. The number of pyridine rings is 1. The van der Waals surface area contributed by atoms with Crippen LogP contribution in [0.2, 0.25) is 0 Å². The Hall–Kier alpha value is -2.39. The van der Waals surface area contributed by atoms with Gasteiger partial charge in [0.2, 0.25) is 0 Å². The number of rotatable bonds is 5. The second-order valence-corrected chi connectivity index (χ2v) is 10.8. The fourth-order valence-corrected chi connectivity index (χ4v) is 3.78. The molecule has 2 fully saturated rings. The van der Waals surface area contributed by atoms with Gasteiger partial charge in [-0.05, 0) is 72.1 Å². The first-order valence-corrected chi connectivity index (χ1v) is 11.7. The number of hydrogen-bond donors (Lipinski definition) is 1. The van der Waals surface area contributed by atoms with Gasteiger partial charge >= 0.3 is 12.2 Å². The van der Waals surface area contributed by atoms with E-state index in [1.807, 2.05) is 53.7 Å². The molecule has 2 aliphatic heterocycles. The van der Waals surface area contributed by atoms with Gasteiger partial charge in [-0.1, -0.05) is 0 Å². The first-order valence-electron chi connectivity index (χ1n) is 11.7. The SMILES string of the molecule is CC(C)(C)OC(=O)Nc1cc(CN2CCC(OC3CN(C(=O)OC(C)(C)C)C3)CC2)ccn1. The highest BCUT2D eigenvalue weighted by Gasteiger charge is 2.36. The summed E-state index contributed by atoms with van der Waals surface area (Å²) in [6.07, 6.45) is 3.14. The van der Waals surface area contributed by atoms with Crippen molar-refractivity contribution in [2.45, 2.75) is 84.3 Å². The molecule has 184 valence electrons. The van der Waals surface area contributed by atoms with Gasteiger partial charge in [-0.25, -0.2) is 14.6 Å². The minimum Gasteiger partial charge on any atom is -0.444 e. The molecule has 1 N–H and O–H groups in total. The minimum absolute atomic E-state index is 0.0933. The van der Waals surface area contributed by atoms with E-state index in [-0.39, 0.29) is 18.3 Å². The van der Waals surface area contributed by atoms with E-state index >= 15 is 0 Å². The standard InChI is InChI=1S/C24H38N4O5/c1-23(2,3)32-21(29)26-20-13-17(7-10-25-20)14-27-11-8-18(9-12-27)31-19-15-28(16-19)22(30)33-24(4,5)6/h7,10,13,18-19H,8-9,11-12,14-16H2,1-6H3,(H,25,26,29). The number of nitrogens with zero attached hydrogens (tertiary/aromatic N) is 3. The summed E-state index contributed by atoms with van der Waals surface area (Å²) in [7, 11) is 0. The maximum absolute atomic E-state index is 12.0. The molecular weight excluding hydrogens is 424 g/mol. The molecule has 0 aromatic carbocycles. The molecule has 2 saturated heterocycles. The van der Waals surface area contributed by atoms with Gasteiger partial charge in [0.05, 0.1) is 25.3 Å². The van der Waals surface area contributed by atoms with Crippen molar-refractivity contribution in [2.24, 2.45) is 0 Å². The summed E-state index contributed by atoms with van der Waals surface area (Å²) in [5, 5.41) is 2.69. The lowest BCUT2D eigenvalue weighted by atomic mass is 10.1. The molecule has 0 radical (unpaired) electrons. The van der Waals surface area contributed by atoms with E-state index in [2.05, 4.69) is 15.2 Å². The van der Waals surface area contributed by atoms with Gasteiger partial charge in [0.1, 0.15) is 17.0 Å². The molecule has 0 atom stereocenters. The average Bonchev–Trinajstić information content (AvgIpc) is 2.62. The Morgan fingerprint density at radius 2 is 1.67 bits per heavy atom. The Bertz CT molecular complexity index is 819. The van der Waals surface area contributed by atoms with Crippen molar-refractivity contribution in [3.63, 3.8) is 0 Å². The number of piperidine rings is 1. The molecule has 2 amide bonds. The van der Waals surface area contributed by atoms with E-state index in [4.69, 9.17) is 14.2 Å². The summed E-state index contributed by atoms with van der Waals surface area (Å²) in [6, 6.07) is 3.84. The average molecular weight is 463 g/mol. The van der Waals surface area contributed by atoms with E-state index < -0.39 is 17.3 Å². The third-order valence-electron chi connectivity index (χ3n) is 5.28. The van der Waals surface area contributed by atoms with Crippen LogP contribution in [0.15, 0.2) is 18.3 Å². The van der Waals surface area contributed by atoms with Gasteiger partial charge in [0, 0.05) is 25.8 Å². The normalized spacial score (nSPS) is 18.5. The summed E-state index contributed by atoms with van der Waals surface area (Å²) in [4.78, 5) is 32.3. The molecule has 0 bridgehead atoms. The topological polar surface area (TPSA) is 93.2 Å². The van der Waals surface area contributed by atoms with E-state index in [0.717, 1.165) is 38.0 Å². The molecular formula is C24H38N4O5. The van der Waals surface area contributed by atoms with Crippen LogP contribution >= 0.6 is 0 Å². The van der Waals surface area contributed by atoms with Gasteiger partial charge in [0.25, 0.3) is 0 Å². The largest absolute Gasteiger partial charge is 0.444 e. The highest BCUT2D eigenvalue weighted by Crippen LogP contribution is 2.23. The predicted octanol–water partition coefficient (Wildman–Crippen LogP) is 4.03. The van der Waals surface area contributed by atoms with Crippen molar-refractivity contribution in [3.05, 3.63) is 23.9 Å². The number of likely N-dealkylation sites (tertiary alicyclic amines) is 2. The quantitative estimate of drug-likeness (QED) is 0.706. The Balaban J connectivity index is 1.37. The lowest BCUT2D eigenvalue weighted by Gasteiger charge is -2.42. The Morgan fingerprint density at radius 1 is 1.03 bits per heavy atom. The predicted molar refractivity (Wildman–Crippen MR) is 125 cm³/mol. The highest BCUT2D eigenvalue weighted by molar-refractivity contribution is 5.83. The molecule has 1 aromatic heterocycles. The maximum atomic E-state index is 12.0. The number of hydrogen-bond acceptors (Lipinski definition) is 7. The van der Waals surface area contributed by atoms with Crippen LogP contribution in [-0.2, 0) is 20.8 Å². The van der Waals surface area contributed by atoms with Crippen molar-refractivity contribution in [3.8, 4) is 0 Å². The zero-order valence-electron chi connectivity index (χ0n) is 20.7. The number of amides is 2. The molecule has 0 saturated carbocycles. The summed E-state index contributed by atoms with van der Waals surface area (Å²) in [5.41, 5.74) is 0.0566. The van der Waals surface area contributed by atoms with Crippen LogP contribution < -0.4 is 5.32 Å². The zero-order chi connectivity index (χ0) is 24.2. The van der Waals surface area contributed by atoms with Crippen LogP contribution in [0, 0.1) is 0 Å². The fourth-order valence-electron chi connectivity index (χ4n) is 3.78. The molecule has 1 aromatic rings. The molecule has 0 aliphatic carbocycles. The van der Waals surface area contributed by atoms with Crippen molar-refractivity contribution in [1.82, 2.24) is 14.8 Å². The molecule has 2 aliphatic rings. The zero-order valence-corrected chi connectivity index (χ0v) is 20.7. The second kappa shape index (κ2) is 10.3. The Kier molecular flexibility index (Phi) is 7.84. The lowest BCUT2D eigenvalue weighted by molar-refractivity contribution is -0.107. The summed E-state index contributed by atoms with van der Waals surface area (Å²) in [5.74, 6) is 0.486. The number of aromatic nitrogens is 1. The first kappa shape index (κ1) is 25.2. The summed E-state index contributed by atoms with van der Waals surface area (Å²) >= 11 is 0. The van der Waals surface area contributed by atoms with Crippen LogP contribution in [0.1, 0.15) is 59.9 Å². The van der Waals surface area contributed by atoms with Crippen LogP contribution in [0.5, 0.6) is 0 Å².